The number of hydrogen-bond acceptors (Lipinski definition) is 5. The Bertz CT molecular complexity index is 963. The number of carbonyl (C=O) groups is 3. The summed E-state index contributed by atoms with van der Waals surface area (Å²) < 4.78 is 38.6. The van der Waals surface area contributed by atoms with E-state index in [2.05, 4.69) is 15.6 Å². The number of thiophene rings is 1. The largest absolute Gasteiger partial charge is 0.431 e. The number of piperidine rings is 1. The second-order valence-electron chi connectivity index (χ2n) is 5.74. The molecule has 2 aromatic rings. The summed E-state index contributed by atoms with van der Waals surface area (Å²) in [7, 11) is 0. The first kappa shape index (κ1) is 18.1. The van der Waals surface area contributed by atoms with Crippen LogP contribution in [0.15, 0.2) is 16.2 Å². The van der Waals surface area contributed by atoms with Gasteiger partial charge < -0.3 is 10.3 Å². The molecule has 7 nitrogen and oxygen atoms in total. The molecule has 3 rings (SSSR count). The van der Waals surface area contributed by atoms with E-state index in [-0.39, 0.29) is 35.0 Å². The topological polar surface area (TPSA) is 108 Å². The third-order valence-corrected chi connectivity index (χ3v) is 4.86. The highest BCUT2D eigenvalue weighted by Crippen LogP contribution is 2.30. The van der Waals surface area contributed by atoms with Gasteiger partial charge in [-0.25, -0.2) is 0 Å². The normalized spacial score (nSPS) is 18.0. The predicted octanol–water partition coefficient (Wildman–Crippen LogP) is 1.07. The highest BCUT2D eigenvalue weighted by Gasteiger charge is 2.33. The van der Waals surface area contributed by atoms with Crippen molar-refractivity contribution in [2.24, 2.45) is 0 Å². The summed E-state index contributed by atoms with van der Waals surface area (Å²) in [5.74, 6) is -1.65. The average Bonchev–Trinajstić information content (AvgIpc) is 2.93. The molecule has 1 saturated heterocycles. The summed E-state index contributed by atoms with van der Waals surface area (Å²) in [6, 6.07) is -0.404. The van der Waals surface area contributed by atoms with Crippen LogP contribution in [0, 0.1) is 0 Å². The molecule has 0 aliphatic carbocycles. The van der Waals surface area contributed by atoms with E-state index in [0.717, 1.165) is 11.3 Å². The lowest BCUT2D eigenvalue weighted by Crippen LogP contribution is -2.52. The van der Waals surface area contributed by atoms with Crippen LogP contribution in [-0.2, 0) is 27.0 Å². The molecule has 3 amide bonds. The van der Waals surface area contributed by atoms with Crippen LogP contribution in [0.3, 0.4) is 0 Å². The molecule has 2 aromatic heterocycles. The monoisotopic (exact) mass is 387 g/mol. The van der Waals surface area contributed by atoms with E-state index in [1.807, 2.05) is 0 Å². The quantitative estimate of drug-likeness (QED) is 0.685. The standard InChI is InChI=1S/C15H12F3N3O4S/c16-15(17,18)10-3-8(22)6-5-26-9(13(6)20-10)4-12(24)19-7-1-2-11(23)21-14(7)25/h3,5,7,20H,1-2,4H2,(H,19,24)(H,21,23,25). The molecule has 3 N–H and O–H groups in total. The molecule has 0 radical (unpaired) electrons. The minimum atomic E-state index is -4.72. The molecule has 0 saturated carbocycles. The van der Waals surface area contributed by atoms with E-state index in [0.29, 0.717) is 6.07 Å². The van der Waals surface area contributed by atoms with E-state index in [1.54, 1.807) is 0 Å². The molecule has 1 atom stereocenters. The maximum absolute atomic E-state index is 12.9. The number of H-pyrrole nitrogens is 1. The van der Waals surface area contributed by atoms with E-state index in [9.17, 15) is 32.3 Å². The van der Waals surface area contributed by atoms with Crippen LogP contribution in [0.5, 0.6) is 0 Å². The van der Waals surface area contributed by atoms with Gasteiger partial charge in [0.05, 0.1) is 17.3 Å². The van der Waals surface area contributed by atoms with Gasteiger partial charge in [0.15, 0.2) is 5.43 Å². The maximum Gasteiger partial charge on any atom is 0.431 e. The molecule has 0 aromatic carbocycles. The van der Waals surface area contributed by atoms with E-state index >= 15 is 0 Å². The van der Waals surface area contributed by atoms with Crippen LogP contribution >= 0.6 is 11.3 Å². The fourth-order valence-electron chi connectivity index (χ4n) is 2.60. The van der Waals surface area contributed by atoms with Crippen LogP contribution < -0.4 is 16.1 Å². The minimum absolute atomic E-state index is 0.0479. The highest BCUT2D eigenvalue weighted by atomic mass is 32.1. The summed E-state index contributed by atoms with van der Waals surface area (Å²) >= 11 is 0.974. The number of amides is 3. The molecule has 11 heteroatoms. The van der Waals surface area contributed by atoms with Crippen LogP contribution in [0.1, 0.15) is 23.4 Å². The van der Waals surface area contributed by atoms with Crippen molar-refractivity contribution in [3.05, 3.63) is 32.2 Å². The Kier molecular flexibility index (Phi) is 4.57. The molecule has 0 bridgehead atoms. The first-order valence-corrected chi connectivity index (χ1v) is 8.37. The molecule has 1 fully saturated rings. The summed E-state index contributed by atoms with van der Waals surface area (Å²) in [5.41, 5.74) is -2.03. The molecule has 1 aliphatic rings. The first-order chi connectivity index (χ1) is 12.1. The third kappa shape index (κ3) is 3.62. The lowest BCUT2D eigenvalue weighted by atomic mass is 10.1. The van der Waals surface area contributed by atoms with Gasteiger partial charge in [-0.05, 0) is 6.42 Å². The zero-order chi connectivity index (χ0) is 19.1. The molecule has 1 aliphatic heterocycles. The van der Waals surface area contributed by atoms with Gasteiger partial charge >= 0.3 is 6.18 Å². The smallest absolute Gasteiger partial charge is 0.350 e. The molecular weight excluding hydrogens is 375 g/mol. The Hall–Kier alpha value is -2.69. The van der Waals surface area contributed by atoms with E-state index in [1.165, 1.54) is 5.38 Å². The number of hydrogen-bond donors (Lipinski definition) is 3. The van der Waals surface area contributed by atoms with Crippen LogP contribution in [0.4, 0.5) is 13.2 Å². The Morgan fingerprint density at radius 1 is 1.31 bits per heavy atom. The maximum atomic E-state index is 12.9. The zero-order valence-electron chi connectivity index (χ0n) is 13.0. The second-order valence-corrected chi connectivity index (χ2v) is 6.70. The zero-order valence-corrected chi connectivity index (χ0v) is 13.8. The Morgan fingerprint density at radius 2 is 2.04 bits per heavy atom. The Labute approximate surface area is 147 Å². The molecular formula is C15H12F3N3O4S. The summed E-state index contributed by atoms with van der Waals surface area (Å²) in [6.07, 6.45) is -4.79. The van der Waals surface area contributed by atoms with E-state index in [4.69, 9.17) is 0 Å². The van der Waals surface area contributed by atoms with Gasteiger partial charge in [-0.1, -0.05) is 0 Å². The predicted molar refractivity (Wildman–Crippen MR) is 85.5 cm³/mol. The molecule has 0 spiro atoms. The van der Waals surface area contributed by atoms with Crippen molar-refractivity contribution in [3.8, 4) is 0 Å². The van der Waals surface area contributed by atoms with Gasteiger partial charge in [-0.2, -0.15) is 13.2 Å². The van der Waals surface area contributed by atoms with Gasteiger partial charge in [0.25, 0.3) is 0 Å². The van der Waals surface area contributed by atoms with Gasteiger partial charge in [-0.15, -0.1) is 11.3 Å². The first-order valence-electron chi connectivity index (χ1n) is 7.49. The van der Waals surface area contributed by atoms with E-state index < -0.39 is 41.1 Å². The Balaban J connectivity index is 1.81. The number of alkyl halides is 3. The molecule has 3 heterocycles. The van der Waals surface area contributed by atoms with Crippen molar-refractivity contribution >= 4 is 40.0 Å². The number of fused-ring (bicyclic) bond motifs is 1. The molecule has 138 valence electrons. The Morgan fingerprint density at radius 3 is 2.69 bits per heavy atom. The van der Waals surface area contributed by atoms with Gasteiger partial charge in [0, 0.05) is 22.7 Å². The van der Waals surface area contributed by atoms with Crippen molar-refractivity contribution in [1.29, 1.82) is 0 Å². The lowest BCUT2D eigenvalue weighted by Gasteiger charge is -2.21. The number of aromatic amines is 1. The molecule has 1 unspecified atom stereocenters. The summed E-state index contributed by atoms with van der Waals surface area (Å²) in [5, 5.41) is 5.97. The number of carbonyl (C=O) groups excluding carboxylic acids is 3. The van der Waals surface area contributed by atoms with Crippen LogP contribution in [0.2, 0.25) is 0 Å². The van der Waals surface area contributed by atoms with Gasteiger partial charge in [0.2, 0.25) is 17.7 Å². The molecule has 26 heavy (non-hydrogen) atoms. The van der Waals surface area contributed by atoms with Crippen molar-refractivity contribution < 1.29 is 27.6 Å². The fourth-order valence-corrected chi connectivity index (χ4v) is 3.59. The number of halogens is 3. The van der Waals surface area contributed by atoms with Crippen molar-refractivity contribution in [1.82, 2.24) is 15.6 Å². The number of aromatic nitrogens is 1. The fraction of sp³-hybridized carbons (Fsp3) is 0.333. The van der Waals surface area contributed by atoms with Crippen LogP contribution in [-0.4, -0.2) is 28.7 Å². The highest BCUT2D eigenvalue weighted by molar-refractivity contribution is 7.11. The van der Waals surface area contributed by atoms with Crippen LogP contribution in [0.25, 0.3) is 10.9 Å². The minimum Gasteiger partial charge on any atom is -0.350 e. The number of nitrogens with one attached hydrogen (secondary N) is 3. The van der Waals surface area contributed by atoms with Crippen molar-refractivity contribution in [3.63, 3.8) is 0 Å². The van der Waals surface area contributed by atoms with Crippen molar-refractivity contribution in [2.75, 3.05) is 0 Å². The second kappa shape index (κ2) is 6.56. The SMILES string of the molecule is O=C1CCC(NC(=O)Cc2scc3c(=O)cc(C(F)(F)F)[nH]c23)C(=O)N1. The number of rotatable bonds is 3. The number of pyridine rings is 1. The van der Waals surface area contributed by atoms with Gasteiger partial charge in [-0.3, -0.25) is 24.5 Å². The average molecular weight is 387 g/mol. The van der Waals surface area contributed by atoms with Crippen molar-refractivity contribution in [2.45, 2.75) is 31.5 Å². The summed E-state index contributed by atoms with van der Waals surface area (Å²) in [4.78, 5) is 49.1. The lowest BCUT2D eigenvalue weighted by molar-refractivity contribution is -0.141. The third-order valence-electron chi connectivity index (χ3n) is 3.87. The van der Waals surface area contributed by atoms with Gasteiger partial charge in [0.1, 0.15) is 11.7 Å². The number of imide groups is 1. The summed E-state index contributed by atoms with van der Waals surface area (Å²) in [6.45, 7) is 0.